The number of likely N-dealkylation sites (N-methyl/N-ethyl adjacent to an activating group) is 1. The Morgan fingerprint density at radius 1 is 1.16 bits per heavy atom. The molecule has 0 spiro atoms. The maximum atomic E-state index is 5.18. The molecule has 0 N–H and O–H groups in total. The average Bonchev–Trinajstić information content (AvgIpc) is 2.88. The number of benzene rings is 2. The van der Waals surface area contributed by atoms with Crippen molar-refractivity contribution in [2.24, 2.45) is 5.16 Å². The van der Waals surface area contributed by atoms with Crippen molar-refractivity contribution >= 4 is 22.1 Å². The van der Waals surface area contributed by atoms with E-state index in [2.05, 4.69) is 66.5 Å². The van der Waals surface area contributed by atoms with Crippen LogP contribution in [0, 0.1) is 0 Å². The Morgan fingerprint density at radius 2 is 1.96 bits per heavy atom. The quantitative estimate of drug-likeness (QED) is 0.588. The number of fused-ring (bicyclic) bond motifs is 3. The Labute approximate surface area is 150 Å². The Balaban J connectivity index is 1.90. The van der Waals surface area contributed by atoms with Gasteiger partial charge in [-0.3, -0.25) is 4.90 Å². The van der Waals surface area contributed by atoms with E-state index in [0.29, 0.717) is 12.1 Å². The summed E-state index contributed by atoms with van der Waals surface area (Å²) < 4.78 is 0. The van der Waals surface area contributed by atoms with Crippen molar-refractivity contribution in [2.45, 2.75) is 44.7 Å². The molecule has 0 aliphatic carbocycles. The lowest BCUT2D eigenvalue weighted by Crippen LogP contribution is -2.40. The van der Waals surface area contributed by atoms with E-state index in [-0.39, 0.29) is 0 Å². The second-order valence-electron chi connectivity index (χ2n) is 7.14. The molecular formula is C22H26N2O. The highest BCUT2D eigenvalue weighted by Crippen LogP contribution is 2.43. The second kappa shape index (κ2) is 6.64. The van der Waals surface area contributed by atoms with Crippen LogP contribution in [0.2, 0.25) is 0 Å². The summed E-state index contributed by atoms with van der Waals surface area (Å²) in [5.74, 6) is 0. The lowest BCUT2D eigenvalue weighted by molar-refractivity contribution is 0.211. The molecule has 3 nitrogen and oxygen atoms in total. The van der Waals surface area contributed by atoms with Crippen molar-refractivity contribution in [3.8, 4) is 0 Å². The summed E-state index contributed by atoms with van der Waals surface area (Å²) in [6.45, 7) is 2.17. The standard InChI is InChI=1S/C22H26N2O/c1-4-20(23-25-3)22-19(14-18-11-12-21(22)24(18)2)17-10-9-15-7-5-6-8-16(15)13-17/h5-10,13,18,21H,4,11-12,14H2,1-3H3/t18?,21-/m0/s1. The summed E-state index contributed by atoms with van der Waals surface area (Å²) >= 11 is 0. The molecule has 2 heterocycles. The van der Waals surface area contributed by atoms with Gasteiger partial charge in [0.2, 0.25) is 0 Å². The molecule has 3 heteroatoms. The van der Waals surface area contributed by atoms with Gasteiger partial charge in [-0.05, 0) is 66.3 Å². The summed E-state index contributed by atoms with van der Waals surface area (Å²) in [6.07, 6.45) is 4.49. The number of oxime groups is 1. The maximum absolute atomic E-state index is 5.18. The molecule has 2 atom stereocenters. The highest BCUT2D eigenvalue weighted by molar-refractivity contribution is 6.08. The van der Waals surface area contributed by atoms with Gasteiger partial charge < -0.3 is 4.84 Å². The predicted octanol–water partition coefficient (Wildman–Crippen LogP) is 4.87. The summed E-state index contributed by atoms with van der Waals surface area (Å²) in [5.41, 5.74) is 5.31. The number of hydrogen-bond donors (Lipinski definition) is 0. The number of rotatable bonds is 4. The van der Waals surface area contributed by atoms with Crippen LogP contribution >= 0.6 is 0 Å². The minimum Gasteiger partial charge on any atom is -0.399 e. The third-order valence-corrected chi connectivity index (χ3v) is 5.88. The van der Waals surface area contributed by atoms with E-state index < -0.39 is 0 Å². The van der Waals surface area contributed by atoms with Crippen LogP contribution in [0.3, 0.4) is 0 Å². The van der Waals surface area contributed by atoms with Gasteiger partial charge >= 0.3 is 0 Å². The molecule has 4 rings (SSSR count). The molecule has 0 aromatic heterocycles. The molecule has 2 aliphatic rings. The Morgan fingerprint density at radius 3 is 2.72 bits per heavy atom. The van der Waals surface area contributed by atoms with Gasteiger partial charge in [-0.2, -0.15) is 0 Å². The molecule has 1 saturated heterocycles. The summed E-state index contributed by atoms with van der Waals surface area (Å²) in [4.78, 5) is 7.72. The third kappa shape index (κ3) is 2.77. The van der Waals surface area contributed by atoms with Crippen molar-refractivity contribution in [3.63, 3.8) is 0 Å². The van der Waals surface area contributed by atoms with Crippen molar-refractivity contribution in [1.29, 1.82) is 0 Å². The van der Waals surface area contributed by atoms with Crippen LogP contribution in [0.4, 0.5) is 0 Å². The van der Waals surface area contributed by atoms with Crippen LogP contribution in [0.1, 0.15) is 38.2 Å². The first kappa shape index (κ1) is 16.3. The molecule has 1 unspecified atom stereocenters. The van der Waals surface area contributed by atoms with Crippen molar-refractivity contribution < 1.29 is 4.84 Å². The first-order valence-corrected chi connectivity index (χ1v) is 9.27. The molecule has 25 heavy (non-hydrogen) atoms. The van der Waals surface area contributed by atoms with Crippen LogP contribution in [0.15, 0.2) is 53.2 Å². The van der Waals surface area contributed by atoms with E-state index in [1.807, 2.05) is 0 Å². The van der Waals surface area contributed by atoms with Gasteiger partial charge in [0.1, 0.15) is 7.11 Å². The fraction of sp³-hybridized carbons (Fsp3) is 0.409. The zero-order chi connectivity index (χ0) is 17.4. The maximum Gasteiger partial charge on any atom is 0.106 e. The third-order valence-electron chi connectivity index (χ3n) is 5.88. The SMILES string of the molecule is CCC(=NOC)C1=C(c2ccc3ccccc3c2)CC2CC[C@@H]1N2C. The normalized spacial score (nSPS) is 24.2. The average molecular weight is 334 g/mol. The zero-order valence-corrected chi connectivity index (χ0v) is 15.3. The molecule has 1 fully saturated rings. The number of hydrogen-bond acceptors (Lipinski definition) is 3. The van der Waals surface area contributed by atoms with E-state index in [9.17, 15) is 0 Å². The van der Waals surface area contributed by atoms with Crippen LogP contribution < -0.4 is 0 Å². The fourth-order valence-electron chi connectivity index (χ4n) is 4.58. The molecule has 2 aliphatic heterocycles. The van der Waals surface area contributed by atoms with Gasteiger partial charge in [0.05, 0.1) is 5.71 Å². The molecule has 2 bridgehead atoms. The highest BCUT2D eigenvalue weighted by Gasteiger charge is 2.40. The molecule has 130 valence electrons. The summed E-state index contributed by atoms with van der Waals surface area (Å²) in [5, 5.41) is 6.99. The minimum absolute atomic E-state index is 0.467. The molecule has 0 saturated carbocycles. The molecule has 0 amide bonds. The van der Waals surface area contributed by atoms with E-state index in [4.69, 9.17) is 4.84 Å². The molecular weight excluding hydrogens is 308 g/mol. The minimum atomic E-state index is 0.467. The fourth-order valence-corrected chi connectivity index (χ4v) is 4.58. The molecule has 2 aromatic rings. The van der Waals surface area contributed by atoms with E-state index in [0.717, 1.165) is 18.6 Å². The van der Waals surface area contributed by atoms with Gasteiger partial charge in [-0.1, -0.05) is 48.5 Å². The van der Waals surface area contributed by atoms with Crippen LogP contribution in [-0.4, -0.2) is 36.9 Å². The van der Waals surface area contributed by atoms with E-state index in [1.165, 1.54) is 40.3 Å². The van der Waals surface area contributed by atoms with E-state index in [1.54, 1.807) is 7.11 Å². The Bertz CT molecular complexity index is 852. The summed E-state index contributed by atoms with van der Waals surface area (Å²) in [7, 11) is 3.91. The van der Waals surface area contributed by atoms with Gasteiger partial charge in [0.15, 0.2) is 0 Å². The number of nitrogens with zero attached hydrogens (tertiary/aromatic N) is 2. The van der Waals surface area contributed by atoms with Crippen molar-refractivity contribution in [2.75, 3.05) is 14.2 Å². The Hall–Kier alpha value is -2.13. The highest BCUT2D eigenvalue weighted by atomic mass is 16.6. The van der Waals surface area contributed by atoms with Crippen LogP contribution in [0.25, 0.3) is 16.3 Å². The van der Waals surface area contributed by atoms with Crippen LogP contribution in [0.5, 0.6) is 0 Å². The van der Waals surface area contributed by atoms with Gasteiger partial charge in [0, 0.05) is 12.1 Å². The topological polar surface area (TPSA) is 24.8 Å². The molecule has 2 aromatic carbocycles. The lowest BCUT2D eigenvalue weighted by Gasteiger charge is -2.35. The predicted molar refractivity (Wildman–Crippen MR) is 105 cm³/mol. The van der Waals surface area contributed by atoms with Gasteiger partial charge in [0.25, 0.3) is 0 Å². The van der Waals surface area contributed by atoms with Crippen molar-refractivity contribution in [1.82, 2.24) is 4.90 Å². The largest absolute Gasteiger partial charge is 0.399 e. The summed E-state index contributed by atoms with van der Waals surface area (Å²) in [6, 6.07) is 16.6. The van der Waals surface area contributed by atoms with Gasteiger partial charge in [-0.15, -0.1) is 0 Å². The smallest absolute Gasteiger partial charge is 0.106 e. The van der Waals surface area contributed by atoms with E-state index >= 15 is 0 Å². The lowest BCUT2D eigenvalue weighted by atomic mass is 9.85. The monoisotopic (exact) mass is 334 g/mol. The van der Waals surface area contributed by atoms with Crippen molar-refractivity contribution in [3.05, 3.63) is 53.6 Å². The first-order chi connectivity index (χ1) is 12.2. The van der Waals surface area contributed by atoms with Gasteiger partial charge in [-0.25, -0.2) is 0 Å². The zero-order valence-electron chi connectivity index (χ0n) is 15.3. The first-order valence-electron chi connectivity index (χ1n) is 9.27. The van der Waals surface area contributed by atoms with Crippen LogP contribution in [-0.2, 0) is 4.84 Å². The second-order valence-corrected chi connectivity index (χ2v) is 7.14. The Kier molecular flexibility index (Phi) is 4.34. The molecule has 0 radical (unpaired) electrons.